The molecule has 1 aliphatic heterocycles. The predicted molar refractivity (Wildman–Crippen MR) is 89.5 cm³/mol. The van der Waals surface area contributed by atoms with Gasteiger partial charge in [0.15, 0.2) is 0 Å². The lowest BCUT2D eigenvalue weighted by atomic mass is 9.86. The van der Waals surface area contributed by atoms with Crippen LogP contribution >= 0.6 is 0 Å². The van der Waals surface area contributed by atoms with Crippen molar-refractivity contribution < 1.29 is 0 Å². The van der Waals surface area contributed by atoms with Gasteiger partial charge in [0, 0.05) is 43.6 Å². The maximum Gasteiger partial charge on any atom is 0.0304 e. The van der Waals surface area contributed by atoms with Crippen molar-refractivity contribution in [2.45, 2.75) is 58.5 Å². The third-order valence-electron chi connectivity index (χ3n) is 5.19. The van der Waals surface area contributed by atoms with E-state index in [1.165, 1.54) is 24.9 Å². The first-order chi connectivity index (χ1) is 10.1. The Morgan fingerprint density at radius 1 is 1.38 bits per heavy atom. The van der Waals surface area contributed by atoms with Gasteiger partial charge in [-0.25, -0.2) is 0 Å². The Bertz CT molecular complexity index is 412. The third kappa shape index (κ3) is 4.04. The minimum absolute atomic E-state index is 0.306. The number of piperazine rings is 1. The molecule has 0 amide bonds. The van der Waals surface area contributed by atoms with E-state index in [2.05, 4.69) is 49.0 Å². The van der Waals surface area contributed by atoms with E-state index in [1.54, 1.807) is 0 Å². The maximum atomic E-state index is 4.23. The zero-order valence-electron chi connectivity index (χ0n) is 14.1. The van der Waals surface area contributed by atoms with Crippen molar-refractivity contribution >= 4 is 0 Å². The van der Waals surface area contributed by atoms with E-state index >= 15 is 0 Å². The molecule has 3 nitrogen and oxygen atoms in total. The summed E-state index contributed by atoms with van der Waals surface area (Å²) < 4.78 is 0. The Morgan fingerprint density at radius 3 is 2.71 bits per heavy atom. The van der Waals surface area contributed by atoms with Crippen molar-refractivity contribution in [3.63, 3.8) is 0 Å². The monoisotopic (exact) mass is 289 g/mol. The first-order valence-electron chi connectivity index (χ1n) is 8.48. The minimum Gasteiger partial charge on any atom is -0.308 e. The molecule has 0 saturated carbocycles. The summed E-state index contributed by atoms with van der Waals surface area (Å²) in [7, 11) is 0. The summed E-state index contributed by atoms with van der Waals surface area (Å²) in [6.45, 7) is 12.7. The molecule has 0 radical (unpaired) electrons. The van der Waals surface area contributed by atoms with Gasteiger partial charge in [0.25, 0.3) is 0 Å². The van der Waals surface area contributed by atoms with Crippen LogP contribution in [0.3, 0.4) is 0 Å². The van der Waals surface area contributed by atoms with Crippen LogP contribution in [0.2, 0.25) is 0 Å². The largest absolute Gasteiger partial charge is 0.308 e. The number of pyridine rings is 1. The molecule has 1 saturated heterocycles. The molecule has 1 aromatic rings. The molecule has 2 rings (SSSR count). The van der Waals surface area contributed by atoms with Gasteiger partial charge in [-0.05, 0) is 36.8 Å². The van der Waals surface area contributed by atoms with Gasteiger partial charge in [0.2, 0.25) is 0 Å². The van der Waals surface area contributed by atoms with Gasteiger partial charge in [0.1, 0.15) is 0 Å². The van der Waals surface area contributed by atoms with Gasteiger partial charge in [-0.15, -0.1) is 0 Å². The van der Waals surface area contributed by atoms with Gasteiger partial charge in [0.05, 0.1) is 0 Å². The van der Waals surface area contributed by atoms with Crippen molar-refractivity contribution in [2.24, 2.45) is 5.92 Å². The number of nitrogens with one attached hydrogen (secondary N) is 1. The normalized spacial score (nSPS) is 22.6. The Morgan fingerprint density at radius 2 is 2.14 bits per heavy atom. The van der Waals surface area contributed by atoms with Crippen molar-refractivity contribution in [3.8, 4) is 0 Å². The summed E-state index contributed by atoms with van der Waals surface area (Å²) >= 11 is 0. The second kappa shape index (κ2) is 7.37. The Balaban J connectivity index is 2.03. The van der Waals surface area contributed by atoms with E-state index in [4.69, 9.17) is 0 Å². The maximum absolute atomic E-state index is 4.23. The molecule has 0 spiro atoms. The fourth-order valence-corrected chi connectivity index (χ4v) is 3.46. The smallest absolute Gasteiger partial charge is 0.0304 e. The molecule has 0 bridgehead atoms. The van der Waals surface area contributed by atoms with E-state index in [-0.39, 0.29) is 0 Å². The van der Waals surface area contributed by atoms with E-state index in [0.717, 1.165) is 19.5 Å². The van der Waals surface area contributed by atoms with Crippen LogP contribution in [-0.4, -0.2) is 41.1 Å². The van der Waals surface area contributed by atoms with Crippen molar-refractivity contribution in [1.82, 2.24) is 15.2 Å². The predicted octanol–water partition coefficient (Wildman–Crippen LogP) is 3.11. The third-order valence-corrected chi connectivity index (χ3v) is 5.19. The van der Waals surface area contributed by atoms with Crippen molar-refractivity contribution in [1.29, 1.82) is 0 Å². The highest BCUT2D eigenvalue weighted by Gasteiger charge is 2.37. The molecule has 3 heteroatoms. The van der Waals surface area contributed by atoms with Gasteiger partial charge >= 0.3 is 0 Å². The zero-order chi connectivity index (χ0) is 15.3. The lowest BCUT2D eigenvalue weighted by molar-refractivity contribution is 0.0514. The van der Waals surface area contributed by atoms with Gasteiger partial charge in [-0.1, -0.05) is 33.8 Å². The zero-order valence-corrected chi connectivity index (χ0v) is 14.1. The highest BCUT2D eigenvalue weighted by molar-refractivity contribution is 5.09. The summed E-state index contributed by atoms with van der Waals surface area (Å²) in [5.74, 6) is 0.693. The fraction of sp³-hybridized carbons (Fsp3) is 0.722. The molecule has 1 aliphatic rings. The lowest BCUT2D eigenvalue weighted by Gasteiger charge is -2.49. The first kappa shape index (κ1) is 16.4. The summed E-state index contributed by atoms with van der Waals surface area (Å²) in [5.41, 5.74) is 1.65. The topological polar surface area (TPSA) is 28.2 Å². The summed E-state index contributed by atoms with van der Waals surface area (Å²) in [5, 5.41) is 3.84. The van der Waals surface area contributed by atoms with Crippen LogP contribution in [-0.2, 0) is 6.42 Å². The summed E-state index contributed by atoms with van der Waals surface area (Å²) in [4.78, 5) is 6.94. The summed E-state index contributed by atoms with van der Waals surface area (Å²) in [6, 6.07) is 4.87. The molecule has 1 N–H and O–H groups in total. The Kier molecular flexibility index (Phi) is 5.77. The van der Waals surface area contributed by atoms with Crippen LogP contribution in [0.1, 0.15) is 46.1 Å². The molecule has 0 aromatic carbocycles. The number of rotatable bonds is 6. The first-order valence-corrected chi connectivity index (χ1v) is 8.48. The van der Waals surface area contributed by atoms with Crippen molar-refractivity contribution in [3.05, 3.63) is 30.1 Å². The van der Waals surface area contributed by atoms with Gasteiger partial charge in [-0.2, -0.15) is 0 Å². The second-order valence-corrected chi connectivity index (χ2v) is 6.76. The number of aromatic nitrogens is 1. The average molecular weight is 289 g/mol. The molecule has 1 atom stereocenters. The molecule has 118 valence electrons. The Hall–Kier alpha value is -0.930. The standard InChI is InChI=1S/C18H31N3/c1-5-18(6-2)14-21(17(13-20-18)15(3)4)11-9-16-8-7-10-19-12-16/h7-8,10,12,15,17,20H,5-6,9,11,13-14H2,1-4H3. The molecule has 1 fully saturated rings. The second-order valence-electron chi connectivity index (χ2n) is 6.76. The van der Waals surface area contributed by atoms with Crippen LogP contribution in [0.25, 0.3) is 0 Å². The van der Waals surface area contributed by atoms with E-state index in [9.17, 15) is 0 Å². The molecular weight excluding hydrogens is 258 g/mol. The van der Waals surface area contributed by atoms with E-state index < -0.39 is 0 Å². The molecule has 1 aromatic heterocycles. The van der Waals surface area contributed by atoms with Crippen LogP contribution in [0.4, 0.5) is 0 Å². The lowest BCUT2D eigenvalue weighted by Crippen LogP contribution is -2.65. The van der Waals surface area contributed by atoms with E-state index in [1.807, 2.05) is 18.5 Å². The average Bonchev–Trinajstić information content (AvgIpc) is 2.53. The number of hydrogen-bond donors (Lipinski definition) is 1. The van der Waals surface area contributed by atoms with E-state index in [0.29, 0.717) is 17.5 Å². The molecule has 21 heavy (non-hydrogen) atoms. The minimum atomic E-state index is 0.306. The number of nitrogens with zero attached hydrogens (tertiary/aromatic N) is 2. The number of hydrogen-bond acceptors (Lipinski definition) is 3. The van der Waals surface area contributed by atoms with Crippen LogP contribution in [0.15, 0.2) is 24.5 Å². The van der Waals surface area contributed by atoms with Gasteiger partial charge in [-0.3, -0.25) is 9.88 Å². The fourth-order valence-electron chi connectivity index (χ4n) is 3.46. The van der Waals surface area contributed by atoms with Crippen LogP contribution in [0, 0.1) is 5.92 Å². The highest BCUT2D eigenvalue weighted by Crippen LogP contribution is 2.25. The molecule has 0 aliphatic carbocycles. The quantitative estimate of drug-likeness (QED) is 0.872. The Labute approximate surface area is 130 Å². The highest BCUT2D eigenvalue weighted by atomic mass is 15.3. The molecular formula is C18H31N3. The summed E-state index contributed by atoms with van der Waals surface area (Å²) in [6.07, 6.45) is 7.36. The molecule has 2 heterocycles. The van der Waals surface area contributed by atoms with Crippen LogP contribution < -0.4 is 5.32 Å². The van der Waals surface area contributed by atoms with Gasteiger partial charge < -0.3 is 5.32 Å². The van der Waals surface area contributed by atoms with Crippen LogP contribution in [0.5, 0.6) is 0 Å². The van der Waals surface area contributed by atoms with Crippen molar-refractivity contribution in [2.75, 3.05) is 19.6 Å². The molecule has 1 unspecified atom stereocenters. The SMILES string of the molecule is CCC1(CC)CN(CCc2cccnc2)C(C(C)C)CN1.